The Balaban J connectivity index is 3.12. The first-order chi connectivity index (χ1) is 8.70. The van der Waals surface area contributed by atoms with E-state index in [0.29, 0.717) is 6.42 Å². The molecule has 0 fully saturated rings. The summed E-state index contributed by atoms with van der Waals surface area (Å²) in [4.78, 5) is 11.1. The van der Waals surface area contributed by atoms with Crippen LogP contribution in [-0.4, -0.2) is 35.3 Å². The molecular weight excluding hydrogens is 294 g/mol. The van der Waals surface area contributed by atoms with Gasteiger partial charge in [-0.1, -0.05) is 31.9 Å². The molecule has 0 bridgehead atoms. The zero-order valence-corrected chi connectivity index (χ0v) is 12.4. The summed E-state index contributed by atoms with van der Waals surface area (Å²) in [5, 5.41) is 12.5. The van der Waals surface area contributed by atoms with Gasteiger partial charge >= 0.3 is 5.97 Å². The van der Waals surface area contributed by atoms with E-state index >= 15 is 0 Å². The van der Waals surface area contributed by atoms with E-state index in [0.717, 1.165) is 4.68 Å². The van der Waals surface area contributed by atoms with Crippen molar-refractivity contribution >= 4 is 27.6 Å². The number of carboxylic acid groups (broad SMARTS) is 1. The van der Waals surface area contributed by atoms with Gasteiger partial charge in [-0.3, -0.25) is 9.48 Å². The zero-order valence-electron chi connectivity index (χ0n) is 10.8. The van der Waals surface area contributed by atoms with Gasteiger partial charge < -0.3 is 5.11 Å². The molecule has 0 amide bonds. The molecule has 7 nitrogen and oxygen atoms in total. The van der Waals surface area contributed by atoms with Crippen molar-refractivity contribution in [2.24, 2.45) is 13.0 Å². The van der Waals surface area contributed by atoms with E-state index in [2.05, 4.69) is 9.82 Å². The smallest absolute Gasteiger partial charge is 0.322 e. The van der Waals surface area contributed by atoms with E-state index in [1.54, 1.807) is 13.8 Å². The van der Waals surface area contributed by atoms with Crippen LogP contribution in [0.15, 0.2) is 11.2 Å². The average molecular weight is 310 g/mol. The highest BCUT2D eigenvalue weighted by molar-refractivity contribution is 7.89. The second-order valence-corrected chi connectivity index (χ2v) is 6.28. The Hall–Kier alpha value is -1.12. The molecule has 0 spiro atoms. The molecule has 0 radical (unpaired) electrons. The van der Waals surface area contributed by atoms with Crippen LogP contribution in [0.25, 0.3) is 0 Å². The van der Waals surface area contributed by atoms with Crippen molar-refractivity contribution in [3.05, 3.63) is 11.2 Å². The molecule has 108 valence electrons. The molecular formula is C10H16ClN3O4S. The maximum atomic E-state index is 12.2. The molecule has 19 heavy (non-hydrogen) atoms. The van der Waals surface area contributed by atoms with Gasteiger partial charge in [0.15, 0.2) is 5.03 Å². The van der Waals surface area contributed by atoms with Crippen molar-refractivity contribution in [2.45, 2.75) is 31.3 Å². The van der Waals surface area contributed by atoms with Crippen LogP contribution in [0.4, 0.5) is 0 Å². The normalized spacial score (nSPS) is 15.2. The predicted molar refractivity (Wildman–Crippen MR) is 69.4 cm³/mol. The topological polar surface area (TPSA) is 101 Å². The van der Waals surface area contributed by atoms with Crippen LogP contribution in [0.3, 0.4) is 0 Å². The van der Waals surface area contributed by atoms with Gasteiger partial charge in [-0.25, -0.2) is 8.42 Å². The number of halogens is 1. The number of hydrogen-bond acceptors (Lipinski definition) is 4. The van der Waals surface area contributed by atoms with Gasteiger partial charge in [0.05, 0.1) is 11.2 Å². The lowest BCUT2D eigenvalue weighted by molar-refractivity contribution is -0.140. The lowest BCUT2D eigenvalue weighted by Gasteiger charge is -2.20. The number of aromatic nitrogens is 2. The van der Waals surface area contributed by atoms with Crippen molar-refractivity contribution in [2.75, 3.05) is 0 Å². The first-order valence-corrected chi connectivity index (χ1v) is 7.49. The molecule has 2 atom stereocenters. The SMILES string of the molecule is CCC(C)C(NS(=O)(=O)c1c(Cl)cnn1C)C(=O)O. The minimum atomic E-state index is -4.04. The number of hydrogen-bond donors (Lipinski definition) is 2. The molecule has 1 rings (SSSR count). The summed E-state index contributed by atoms with van der Waals surface area (Å²) < 4.78 is 27.5. The van der Waals surface area contributed by atoms with Crippen molar-refractivity contribution in [3.8, 4) is 0 Å². The summed E-state index contributed by atoms with van der Waals surface area (Å²) in [5.41, 5.74) is 0. The molecule has 0 saturated carbocycles. The maximum Gasteiger partial charge on any atom is 0.322 e. The molecule has 0 saturated heterocycles. The zero-order chi connectivity index (χ0) is 14.8. The molecule has 1 aromatic heterocycles. The third-order valence-electron chi connectivity index (χ3n) is 2.86. The highest BCUT2D eigenvalue weighted by Gasteiger charge is 2.32. The van der Waals surface area contributed by atoms with E-state index in [1.165, 1.54) is 13.2 Å². The number of nitrogens with one attached hydrogen (secondary N) is 1. The lowest BCUT2D eigenvalue weighted by atomic mass is 10.0. The summed E-state index contributed by atoms with van der Waals surface area (Å²) >= 11 is 5.76. The van der Waals surface area contributed by atoms with Crippen molar-refractivity contribution in [1.82, 2.24) is 14.5 Å². The number of carbonyl (C=O) groups is 1. The van der Waals surface area contributed by atoms with Crippen LogP contribution < -0.4 is 4.72 Å². The quantitative estimate of drug-likeness (QED) is 0.811. The highest BCUT2D eigenvalue weighted by Crippen LogP contribution is 2.21. The largest absolute Gasteiger partial charge is 0.480 e. The van der Waals surface area contributed by atoms with Crippen LogP contribution >= 0.6 is 11.6 Å². The van der Waals surface area contributed by atoms with Gasteiger partial charge in [-0.05, 0) is 5.92 Å². The van der Waals surface area contributed by atoms with Crippen molar-refractivity contribution in [1.29, 1.82) is 0 Å². The van der Waals surface area contributed by atoms with Crippen LogP contribution in [0.1, 0.15) is 20.3 Å². The molecule has 2 unspecified atom stereocenters. The molecule has 1 aromatic rings. The van der Waals surface area contributed by atoms with Crippen molar-refractivity contribution < 1.29 is 18.3 Å². The van der Waals surface area contributed by atoms with E-state index in [1.807, 2.05) is 0 Å². The number of sulfonamides is 1. The Morgan fingerprint density at radius 3 is 2.58 bits per heavy atom. The molecule has 1 heterocycles. The second kappa shape index (κ2) is 5.89. The van der Waals surface area contributed by atoms with Gasteiger partial charge in [0, 0.05) is 7.05 Å². The first kappa shape index (κ1) is 15.9. The molecule has 2 N–H and O–H groups in total. The molecule has 0 aliphatic carbocycles. The minimum absolute atomic E-state index is 0.0525. The number of nitrogens with zero attached hydrogens (tertiary/aromatic N) is 2. The van der Waals surface area contributed by atoms with Crippen LogP contribution in [0, 0.1) is 5.92 Å². The van der Waals surface area contributed by atoms with E-state index in [9.17, 15) is 13.2 Å². The molecule has 9 heteroatoms. The number of aryl methyl sites for hydroxylation is 1. The Kier molecular flexibility index (Phi) is 4.94. The van der Waals surface area contributed by atoms with Gasteiger partial charge in [0.1, 0.15) is 6.04 Å². The third kappa shape index (κ3) is 3.46. The van der Waals surface area contributed by atoms with E-state index < -0.39 is 22.0 Å². The summed E-state index contributed by atoms with van der Waals surface area (Å²) in [6, 6.07) is -1.21. The second-order valence-electron chi connectivity index (χ2n) is 4.24. The van der Waals surface area contributed by atoms with Gasteiger partial charge in [0.2, 0.25) is 0 Å². The molecule has 0 aromatic carbocycles. The van der Waals surface area contributed by atoms with Gasteiger partial charge in [-0.15, -0.1) is 0 Å². The molecule has 0 aliphatic heterocycles. The number of rotatable bonds is 6. The average Bonchev–Trinajstić information content (AvgIpc) is 2.65. The van der Waals surface area contributed by atoms with Crippen LogP contribution in [0.5, 0.6) is 0 Å². The van der Waals surface area contributed by atoms with Gasteiger partial charge in [0.25, 0.3) is 10.0 Å². The summed E-state index contributed by atoms with van der Waals surface area (Å²) in [7, 11) is -2.62. The van der Waals surface area contributed by atoms with Crippen LogP contribution in [-0.2, 0) is 21.9 Å². The monoisotopic (exact) mass is 309 g/mol. The Bertz CT molecular complexity index is 550. The Morgan fingerprint density at radius 2 is 2.21 bits per heavy atom. The summed E-state index contributed by atoms with van der Waals surface area (Å²) in [6.07, 6.45) is 1.72. The fourth-order valence-corrected chi connectivity index (χ4v) is 3.52. The number of aliphatic carboxylic acids is 1. The highest BCUT2D eigenvalue weighted by atomic mass is 35.5. The number of carboxylic acids is 1. The fourth-order valence-electron chi connectivity index (χ4n) is 1.57. The third-order valence-corrected chi connectivity index (χ3v) is 4.80. The standard InChI is InChI=1S/C10H16ClN3O4S/c1-4-6(2)8(10(15)16)13-19(17,18)9-7(11)5-12-14(9)3/h5-6,8,13H,4H2,1-3H3,(H,15,16). The van der Waals surface area contributed by atoms with Crippen LogP contribution in [0.2, 0.25) is 5.02 Å². The van der Waals surface area contributed by atoms with Gasteiger partial charge in [-0.2, -0.15) is 9.82 Å². The first-order valence-electron chi connectivity index (χ1n) is 5.63. The van der Waals surface area contributed by atoms with E-state index in [4.69, 9.17) is 16.7 Å². The Morgan fingerprint density at radius 1 is 1.63 bits per heavy atom. The summed E-state index contributed by atoms with van der Waals surface area (Å²) in [5.74, 6) is -1.57. The fraction of sp³-hybridized carbons (Fsp3) is 0.600. The maximum absolute atomic E-state index is 12.2. The minimum Gasteiger partial charge on any atom is -0.480 e. The van der Waals surface area contributed by atoms with E-state index in [-0.39, 0.29) is 16.0 Å². The van der Waals surface area contributed by atoms with Crippen molar-refractivity contribution in [3.63, 3.8) is 0 Å². The summed E-state index contributed by atoms with van der Waals surface area (Å²) in [6.45, 7) is 3.44. The molecule has 0 aliphatic rings. The Labute approximate surface area is 116 Å². The lowest BCUT2D eigenvalue weighted by Crippen LogP contribution is -2.45. The predicted octanol–water partition coefficient (Wildman–Crippen LogP) is 0.851.